The van der Waals surface area contributed by atoms with Crippen molar-refractivity contribution in [2.75, 3.05) is 6.61 Å². The third-order valence-corrected chi connectivity index (χ3v) is 4.39. The molecule has 1 heteroatoms. The molecule has 0 aliphatic carbocycles. The van der Waals surface area contributed by atoms with Crippen molar-refractivity contribution in [1.82, 2.24) is 0 Å². The molecule has 0 unspecified atom stereocenters. The molecule has 152 valence electrons. The fourth-order valence-corrected chi connectivity index (χ4v) is 3.01. The van der Waals surface area contributed by atoms with Crippen molar-refractivity contribution in [2.45, 2.75) is 52.4 Å². The summed E-state index contributed by atoms with van der Waals surface area (Å²) in [6.45, 7) is 8.84. The van der Waals surface area contributed by atoms with E-state index in [0.717, 1.165) is 47.3 Å². The van der Waals surface area contributed by atoms with E-state index in [-0.39, 0.29) is 5.41 Å². The number of terminal acetylenes is 1. The maximum absolute atomic E-state index is 6.11. The van der Waals surface area contributed by atoms with Crippen molar-refractivity contribution >= 4 is 0 Å². The lowest BCUT2D eigenvalue weighted by atomic mass is 9.80. The van der Waals surface area contributed by atoms with Crippen molar-refractivity contribution in [3.63, 3.8) is 0 Å². The number of aryl methyl sites for hydroxylation is 1. The zero-order chi connectivity index (χ0) is 23.2. The number of ether oxygens (including phenoxy) is 1. The van der Waals surface area contributed by atoms with Gasteiger partial charge in [0.2, 0.25) is 0 Å². The summed E-state index contributed by atoms with van der Waals surface area (Å²) in [5, 5.41) is 0. The number of fused-ring (bicyclic) bond motifs is 1. The Morgan fingerprint density at radius 2 is 1.38 bits per heavy atom. The topological polar surface area (TPSA) is 9.23 Å². The normalized spacial score (nSPS) is 10.3. The van der Waals surface area contributed by atoms with Crippen molar-refractivity contribution in [3.8, 4) is 101 Å². The van der Waals surface area contributed by atoms with Gasteiger partial charge in [-0.1, -0.05) is 38.7 Å². The average Bonchev–Trinajstić information content (AvgIpc) is 3.00. The van der Waals surface area contributed by atoms with Crippen LogP contribution in [0.25, 0.3) is 0 Å². The van der Waals surface area contributed by atoms with E-state index in [1.54, 1.807) is 6.92 Å². The number of rotatable bonds is 0. The van der Waals surface area contributed by atoms with Crippen LogP contribution in [0.4, 0.5) is 0 Å². The van der Waals surface area contributed by atoms with Crippen LogP contribution in [0.2, 0.25) is 0 Å². The number of hydrogen-bond acceptors (Lipinski definition) is 1. The molecule has 0 spiro atoms. The van der Waals surface area contributed by atoms with Gasteiger partial charge in [0.1, 0.15) is 5.75 Å². The molecule has 0 atom stereocenters. The van der Waals surface area contributed by atoms with Crippen LogP contribution in [0.3, 0.4) is 0 Å². The van der Waals surface area contributed by atoms with Crippen molar-refractivity contribution < 1.29 is 4.74 Å². The van der Waals surface area contributed by atoms with E-state index in [1.807, 2.05) is 0 Å². The van der Waals surface area contributed by atoms with Gasteiger partial charge in [0.25, 0.3) is 0 Å². The monoisotopic (exact) mass is 410 g/mol. The van der Waals surface area contributed by atoms with Crippen molar-refractivity contribution in [2.24, 2.45) is 0 Å². The SMILES string of the molecule is C#CC#CC#CC#Cc1c(C(C)(C)C)cc2c(c1C#CC#CC#CC#CC)OCCCC2. The second-order valence-corrected chi connectivity index (χ2v) is 7.74. The minimum absolute atomic E-state index is 0.144. The zero-order valence-electron chi connectivity index (χ0n) is 18.9. The van der Waals surface area contributed by atoms with Gasteiger partial charge < -0.3 is 4.74 Å². The predicted octanol–water partition coefficient (Wildman–Crippen LogP) is 4.07. The van der Waals surface area contributed by atoms with E-state index in [9.17, 15) is 0 Å². The fraction of sp³-hybridized carbons (Fsp3) is 0.290. The summed E-state index contributed by atoms with van der Waals surface area (Å²) < 4.78 is 6.11. The second kappa shape index (κ2) is 12.3. The molecule has 0 radical (unpaired) electrons. The van der Waals surface area contributed by atoms with Crippen molar-refractivity contribution in [1.29, 1.82) is 0 Å². The highest BCUT2D eigenvalue weighted by molar-refractivity contribution is 5.66. The second-order valence-electron chi connectivity index (χ2n) is 7.74. The van der Waals surface area contributed by atoms with Gasteiger partial charge in [-0.05, 0) is 120 Å². The maximum Gasteiger partial charge on any atom is 0.139 e. The first kappa shape index (κ1) is 23.8. The maximum atomic E-state index is 6.11. The Balaban J connectivity index is 2.72. The average molecular weight is 411 g/mol. The van der Waals surface area contributed by atoms with Crippen LogP contribution in [0.15, 0.2) is 6.07 Å². The van der Waals surface area contributed by atoms with Gasteiger partial charge in [-0.3, -0.25) is 0 Å². The van der Waals surface area contributed by atoms with Crippen LogP contribution >= 0.6 is 0 Å². The molecule has 0 saturated heterocycles. The highest BCUT2D eigenvalue weighted by Gasteiger charge is 2.25. The van der Waals surface area contributed by atoms with E-state index in [0.29, 0.717) is 6.61 Å². The standard InChI is InChI=1S/C31H22O/c1-6-8-10-12-14-16-18-23-28-27(22-17-15-13-11-9-7-2)29(31(3,4)5)25-26-21-19-20-24-32-30(26)28/h2,25H,19-21,24H2,1,3-5H3. The first-order valence-corrected chi connectivity index (χ1v) is 10.2. The van der Waals surface area contributed by atoms with Gasteiger partial charge in [0.05, 0.1) is 12.2 Å². The first-order chi connectivity index (χ1) is 15.5. The molecule has 1 aliphatic heterocycles. The minimum Gasteiger partial charge on any atom is -0.492 e. The largest absolute Gasteiger partial charge is 0.492 e. The van der Waals surface area contributed by atoms with E-state index in [1.165, 1.54) is 0 Å². The Hall–Kier alpha value is -4.50. The van der Waals surface area contributed by atoms with E-state index in [4.69, 9.17) is 11.2 Å². The summed E-state index contributed by atoms with van der Waals surface area (Å²) in [5.41, 5.74) is 3.65. The molecule has 32 heavy (non-hydrogen) atoms. The summed E-state index contributed by atoms with van der Waals surface area (Å²) in [4.78, 5) is 0. The quantitative estimate of drug-likeness (QED) is 0.586. The molecule has 0 N–H and O–H groups in total. The molecule has 0 amide bonds. The predicted molar refractivity (Wildman–Crippen MR) is 131 cm³/mol. The van der Waals surface area contributed by atoms with Crippen molar-refractivity contribution in [3.05, 3.63) is 28.3 Å². The van der Waals surface area contributed by atoms with Gasteiger partial charge in [0, 0.05) is 5.56 Å². The van der Waals surface area contributed by atoms with Crippen LogP contribution in [0.5, 0.6) is 5.75 Å². The van der Waals surface area contributed by atoms with Crippen LogP contribution in [-0.4, -0.2) is 6.61 Å². The summed E-state index contributed by atoms with van der Waals surface area (Å²) >= 11 is 0. The summed E-state index contributed by atoms with van der Waals surface area (Å²) in [7, 11) is 0. The molecular formula is C31H22O. The first-order valence-electron chi connectivity index (χ1n) is 10.2. The molecule has 0 fully saturated rings. The van der Waals surface area contributed by atoms with E-state index >= 15 is 0 Å². The lowest BCUT2D eigenvalue weighted by Gasteiger charge is -2.24. The zero-order valence-corrected chi connectivity index (χ0v) is 18.9. The molecule has 1 nitrogen and oxygen atoms in total. The van der Waals surface area contributed by atoms with Crippen LogP contribution in [0, 0.1) is 95.2 Å². The Bertz CT molecular complexity index is 1370. The number of benzene rings is 1. The Labute approximate surface area is 193 Å². The van der Waals surface area contributed by atoms with E-state index < -0.39 is 0 Å². The molecular weight excluding hydrogens is 388 g/mol. The summed E-state index contributed by atoms with van der Waals surface area (Å²) in [5.74, 6) is 41.7. The molecule has 1 aromatic carbocycles. The highest BCUT2D eigenvalue weighted by Crippen LogP contribution is 2.37. The highest BCUT2D eigenvalue weighted by atomic mass is 16.5. The molecule has 1 aliphatic rings. The van der Waals surface area contributed by atoms with Crippen LogP contribution in [0.1, 0.15) is 62.8 Å². The lowest BCUT2D eigenvalue weighted by Crippen LogP contribution is -2.16. The van der Waals surface area contributed by atoms with E-state index in [2.05, 4.69) is 116 Å². The molecule has 1 aromatic rings. The molecule has 0 aromatic heterocycles. The smallest absolute Gasteiger partial charge is 0.139 e. The van der Waals surface area contributed by atoms with Crippen LogP contribution in [-0.2, 0) is 11.8 Å². The van der Waals surface area contributed by atoms with Gasteiger partial charge in [-0.2, -0.15) is 0 Å². The molecule has 1 heterocycles. The molecule has 2 rings (SSSR count). The summed E-state index contributed by atoms with van der Waals surface area (Å²) in [6.07, 6.45) is 8.12. The van der Waals surface area contributed by atoms with Gasteiger partial charge in [0.15, 0.2) is 0 Å². The lowest BCUT2D eigenvalue weighted by molar-refractivity contribution is 0.316. The Kier molecular flexibility index (Phi) is 9.10. The minimum atomic E-state index is -0.144. The summed E-state index contributed by atoms with van der Waals surface area (Å²) in [6, 6.07) is 2.20. The van der Waals surface area contributed by atoms with Gasteiger partial charge in [-0.25, -0.2) is 0 Å². The van der Waals surface area contributed by atoms with Crippen LogP contribution < -0.4 is 4.74 Å². The Morgan fingerprint density at radius 1 is 0.781 bits per heavy atom. The third kappa shape index (κ3) is 7.08. The molecule has 0 bridgehead atoms. The Morgan fingerprint density at radius 3 is 2.00 bits per heavy atom. The van der Waals surface area contributed by atoms with Gasteiger partial charge >= 0.3 is 0 Å². The molecule has 0 saturated carbocycles. The van der Waals surface area contributed by atoms with Gasteiger partial charge in [-0.15, -0.1) is 6.42 Å². The third-order valence-electron chi connectivity index (χ3n) is 4.39. The number of hydrogen-bond donors (Lipinski definition) is 0. The fourth-order valence-electron chi connectivity index (χ4n) is 3.01.